The number of aromatic nitrogens is 1. The average molecular weight is 309 g/mol. The van der Waals surface area contributed by atoms with Crippen LogP contribution in [0.3, 0.4) is 0 Å². The van der Waals surface area contributed by atoms with Crippen molar-refractivity contribution < 1.29 is 0 Å². The lowest BCUT2D eigenvalue weighted by Crippen LogP contribution is -1.95. The van der Waals surface area contributed by atoms with Gasteiger partial charge in [0.25, 0.3) is 0 Å². The molecular formula is C13H13BrN2S. The summed E-state index contributed by atoms with van der Waals surface area (Å²) in [6, 6.07) is 12.4. The van der Waals surface area contributed by atoms with E-state index in [0.29, 0.717) is 6.54 Å². The molecule has 0 amide bonds. The minimum absolute atomic E-state index is 0.588. The SMILES string of the molecule is NCc1cccc(SCc2ccc(Br)cn2)c1. The number of nitrogens with zero attached hydrogens (tertiary/aromatic N) is 1. The molecule has 0 atom stereocenters. The quantitative estimate of drug-likeness (QED) is 0.877. The van der Waals surface area contributed by atoms with Gasteiger partial charge in [-0.25, -0.2) is 0 Å². The molecule has 0 aliphatic carbocycles. The second kappa shape index (κ2) is 6.19. The van der Waals surface area contributed by atoms with E-state index in [4.69, 9.17) is 5.73 Å². The van der Waals surface area contributed by atoms with E-state index in [-0.39, 0.29) is 0 Å². The molecular weight excluding hydrogens is 296 g/mol. The largest absolute Gasteiger partial charge is 0.326 e. The number of thioether (sulfide) groups is 1. The Balaban J connectivity index is 1.99. The van der Waals surface area contributed by atoms with Crippen LogP contribution in [0.4, 0.5) is 0 Å². The summed E-state index contributed by atoms with van der Waals surface area (Å²) in [6.07, 6.45) is 1.83. The van der Waals surface area contributed by atoms with E-state index in [1.807, 2.05) is 30.5 Å². The Bertz CT molecular complexity index is 485. The van der Waals surface area contributed by atoms with E-state index in [9.17, 15) is 0 Å². The smallest absolute Gasteiger partial charge is 0.0507 e. The second-order valence-electron chi connectivity index (χ2n) is 3.61. The van der Waals surface area contributed by atoms with Crippen LogP contribution in [0.15, 0.2) is 52.0 Å². The summed E-state index contributed by atoms with van der Waals surface area (Å²) in [7, 11) is 0. The molecule has 0 bridgehead atoms. The monoisotopic (exact) mass is 308 g/mol. The van der Waals surface area contributed by atoms with Crippen molar-refractivity contribution in [3.05, 3.63) is 58.3 Å². The molecule has 17 heavy (non-hydrogen) atoms. The third-order valence-corrected chi connectivity index (χ3v) is 3.81. The van der Waals surface area contributed by atoms with Gasteiger partial charge in [-0.05, 0) is 45.8 Å². The summed E-state index contributed by atoms with van der Waals surface area (Å²) in [5.74, 6) is 0.876. The third kappa shape index (κ3) is 3.84. The summed E-state index contributed by atoms with van der Waals surface area (Å²) < 4.78 is 1.01. The topological polar surface area (TPSA) is 38.9 Å². The molecule has 2 aromatic rings. The Morgan fingerprint density at radius 3 is 2.82 bits per heavy atom. The Morgan fingerprint density at radius 2 is 2.12 bits per heavy atom. The van der Waals surface area contributed by atoms with Gasteiger partial charge < -0.3 is 5.73 Å². The number of hydrogen-bond donors (Lipinski definition) is 1. The van der Waals surface area contributed by atoms with Gasteiger partial charge in [-0.3, -0.25) is 4.98 Å². The van der Waals surface area contributed by atoms with Crippen molar-refractivity contribution in [3.63, 3.8) is 0 Å². The zero-order valence-corrected chi connectivity index (χ0v) is 11.7. The molecule has 2 N–H and O–H groups in total. The van der Waals surface area contributed by atoms with Crippen LogP contribution in [0.2, 0.25) is 0 Å². The standard InChI is InChI=1S/C13H13BrN2S/c14-11-4-5-12(16-8-11)9-17-13-3-1-2-10(6-13)7-15/h1-6,8H,7,9,15H2. The summed E-state index contributed by atoms with van der Waals surface area (Å²) >= 11 is 5.15. The normalized spacial score (nSPS) is 10.5. The maximum atomic E-state index is 5.62. The Hall–Kier alpha value is -0.840. The lowest BCUT2D eigenvalue weighted by molar-refractivity contribution is 1.06. The van der Waals surface area contributed by atoms with Gasteiger partial charge in [-0.1, -0.05) is 12.1 Å². The van der Waals surface area contributed by atoms with E-state index in [1.165, 1.54) is 10.5 Å². The molecule has 4 heteroatoms. The van der Waals surface area contributed by atoms with Crippen LogP contribution in [0, 0.1) is 0 Å². The molecule has 0 unspecified atom stereocenters. The van der Waals surface area contributed by atoms with Crippen molar-refractivity contribution in [2.75, 3.05) is 0 Å². The van der Waals surface area contributed by atoms with E-state index in [0.717, 1.165) is 15.9 Å². The van der Waals surface area contributed by atoms with Gasteiger partial charge in [0.15, 0.2) is 0 Å². The van der Waals surface area contributed by atoms with Crippen LogP contribution < -0.4 is 5.73 Å². The van der Waals surface area contributed by atoms with Crippen LogP contribution >= 0.6 is 27.7 Å². The zero-order chi connectivity index (χ0) is 12.1. The van der Waals surface area contributed by atoms with Crippen molar-refractivity contribution in [3.8, 4) is 0 Å². The highest BCUT2D eigenvalue weighted by atomic mass is 79.9. The summed E-state index contributed by atoms with van der Waals surface area (Å²) in [5, 5.41) is 0. The van der Waals surface area contributed by atoms with Gasteiger partial charge in [-0.15, -0.1) is 11.8 Å². The molecule has 1 heterocycles. The van der Waals surface area contributed by atoms with E-state index >= 15 is 0 Å². The Morgan fingerprint density at radius 1 is 1.24 bits per heavy atom. The molecule has 0 aliphatic rings. The van der Waals surface area contributed by atoms with Crippen LogP contribution in [0.25, 0.3) is 0 Å². The van der Waals surface area contributed by atoms with Crippen LogP contribution in [-0.2, 0) is 12.3 Å². The maximum absolute atomic E-state index is 5.62. The highest BCUT2D eigenvalue weighted by molar-refractivity contribution is 9.10. The second-order valence-corrected chi connectivity index (χ2v) is 5.57. The maximum Gasteiger partial charge on any atom is 0.0507 e. The summed E-state index contributed by atoms with van der Waals surface area (Å²) in [5.41, 5.74) is 7.86. The van der Waals surface area contributed by atoms with Gasteiger partial charge in [0, 0.05) is 27.9 Å². The summed E-state index contributed by atoms with van der Waals surface area (Å²) in [6.45, 7) is 0.588. The van der Waals surface area contributed by atoms with Crippen LogP contribution in [0.1, 0.15) is 11.3 Å². The van der Waals surface area contributed by atoms with Gasteiger partial charge in [0.05, 0.1) is 5.69 Å². The summed E-state index contributed by atoms with van der Waals surface area (Å²) in [4.78, 5) is 5.58. The van der Waals surface area contributed by atoms with Crippen molar-refractivity contribution >= 4 is 27.7 Å². The van der Waals surface area contributed by atoms with Crippen molar-refractivity contribution in [1.82, 2.24) is 4.98 Å². The zero-order valence-electron chi connectivity index (χ0n) is 9.27. The fourth-order valence-electron chi connectivity index (χ4n) is 1.41. The molecule has 2 rings (SSSR count). The number of halogens is 1. The molecule has 88 valence electrons. The molecule has 0 aliphatic heterocycles. The molecule has 0 saturated carbocycles. The minimum atomic E-state index is 0.588. The number of pyridine rings is 1. The fraction of sp³-hybridized carbons (Fsp3) is 0.154. The first-order valence-electron chi connectivity index (χ1n) is 5.30. The molecule has 0 fully saturated rings. The van der Waals surface area contributed by atoms with E-state index in [2.05, 4.69) is 33.0 Å². The highest BCUT2D eigenvalue weighted by Crippen LogP contribution is 2.23. The van der Waals surface area contributed by atoms with Gasteiger partial charge >= 0.3 is 0 Å². The van der Waals surface area contributed by atoms with Crippen LogP contribution in [0.5, 0.6) is 0 Å². The molecule has 0 saturated heterocycles. The number of rotatable bonds is 4. The van der Waals surface area contributed by atoms with Gasteiger partial charge in [0.1, 0.15) is 0 Å². The van der Waals surface area contributed by atoms with Gasteiger partial charge in [0.2, 0.25) is 0 Å². The van der Waals surface area contributed by atoms with Gasteiger partial charge in [-0.2, -0.15) is 0 Å². The highest BCUT2D eigenvalue weighted by Gasteiger charge is 1.98. The first-order valence-corrected chi connectivity index (χ1v) is 7.08. The number of benzene rings is 1. The average Bonchev–Trinajstić information content (AvgIpc) is 2.38. The lowest BCUT2D eigenvalue weighted by Gasteiger charge is -2.03. The van der Waals surface area contributed by atoms with Crippen molar-refractivity contribution in [2.24, 2.45) is 5.73 Å². The minimum Gasteiger partial charge on any atom is -0.326 e. The molecule has 1 aromatic carbocycles. The number of hydrogen-bond acceptors (Lipinski definition) is 3. The first-order chi connectivity index (χ1) is 8.28. The number of nitrogens with two attached hydrogens (primary N) is 1. The Kier molecular flexibility index (Phi) is 4.59. The third-order valence-electron chi connectivity index (χ3n) is 2.31. The molecule has 0 spiro atoms. The lowest BCUT2D eigenvalue weighted by atomic mass is 10.2. The van der Waals surface area contributed by atoms with E-state index < -0.39 is 0 Å². The molecule has 0 radical (unpaired) electrons. The predicted octanol–water partition coefficient (Wildman–Crippen LogP) is 3.60. The van der Waals surface area contributed by atoms with Crippen molar-refractivity contribution in [2.45, 2.75) is 17.2 Å². The molecule has 2 nitrogen and oxygen atoms in total. The fourth-order valence-corrected chi connectivity index (χ4v) is 2.54. The van der Waals surface area contributed by atoms with Crippen molar-refractivity contribution in [1.29, 1.82) is 0 Å². The van der Waals surface area contributed by atoms with E-state index in [1.54, 1.807) is 11.8 Å². The first kappa shape index (κ1) is 12.6. The van der Waals surface area contributed by atoms with Crippen LogP contribution in [-0.4, -0.2) is 4.98 Å². The predicted molar refractivity (Wildman–Crippen MR) is 75.8 cm³/mol. The Labute approximate surface area is 114 Å². The molecule has 1 aromatic heterocycles.